The highest BCUT2D eigenvalue weighted by atomic mass is 16.2. The van der Waals surface area contributed by atoms with Gasteiger partial charge >= 0.3 is 0 Å². The summed E-state index contributed by atoms with van der Waals surface area (Å²) in [6, 6.07) is 15.1. The van der Waals surface area contributed by atoms with Crippen molar-refractivity contribution in [2.24, 2.45) is 5.92 Å². The number of hydrogen-bond acceptors (Lipinski definition) is 3. The Morgan fingerprint density at radius 2 is 1.93 bits per heavy atom. The van der Waals surface area contributed by atoms with E-state index in [0.717, 1.165) is 35.4 Å². The number of amides is 2. The molecular weight excluding hydrogens is 364 g/mol. The van der Waals surface area contributed by atoms with E-state index in [1.165, 1.54) is 0 Å². The van der Waals surface area contributed by atoms with E-state index in [9.17, 15) is 9.59 Å². The maximum absolute atomic E-state index is 12.8. The molecule has 0 bridgehead atoms. The van der Waals surface area contributed by atoms with Crippen molar-refractivity contribution in [2.45, 2.75) is 39.3 Å². The first-order chi connectivity index (χ1) is 14.0. The topological polar surface area (TPSA) is 78.1 Å². The van der Waals surface area contributed by atoms with Crippen LogP contribution in [0.25, 0.3) is 11.0 Å². The first kappa shape index (κ1) is 19.2. The molecule has 29 heavy (non-hydrogen) atoms. The Kier molecular flexibility index (Phi) is 5.34. The number of likely N-dealkylation sites (tertiary alicyclic amines) is 1. The molecule has 1 aliphatic rings. The van der Waals surface area contributed by atoms with E-state index in [1.54, 1.807) is 0 Å². The zero-order valence-electron chi connectivity index (χ0n) is 16.8. The van der Waals surface area contributed by atoms with Gasteiger partial charge in [-0.05, 0) is 42.2 Å². The van der Waals surface area contributed by atoms with Crippen molar-refractivity contribution in [3.63, 3.8) is 0 Å². The number of rotatable bonds is 6. The molecule has 1 atom stereocenters. The van der Waals surface area contributed by atoms with Gasteiger partial charge < -0.3 is 15.2 Å². The number of para-hydroxylation sites is 2. The maximum Gasteiger partial charge on any atom is 0.251 e. The van der Waals surface area contributed by atoms with Gasteiger partial charge in [0.15, 0.2) is 0 Å². The summed E-state index contributed by atoms with van der Waals surface area (Å²) in [4.78, 5) is 34.5. The van der Waals surface area contributed by atoms with Crippen LogP contribution < -0.4 is 5.32 Å². The Balaban J connectivity index is 1.47. The number of carbonyl (C=O) groups excluding carboxylic acids is 2. The van der Waals surface area contributed by atoms with Gasteiger partial charge in [-0.2, -0.15) is 0 Å². The van der Waals surface area contributed by atoms with Crippen molar-refractivity contribution >= 4 is 22.8 Å². The first-order valence-electron chi connectivity index (χ1n) is 10.1. The molecule has 0 aliphatic carbocycles. The number of benzene rings is 2. The Morgan fingerprint density at radius 1 is 1.17 bits per heavy atom. The van der Waals surface area contributed by atoms with Crippen LogP contribution in [0.3, 0.4) is 0 Å². The molecule has 2 amide bonds. The minimum absolute atomic E-state index is 0.132. The summed E-state index contributed by atoms with van der Waals surface area (Å²) < 4.78 is 0. The lowest BCUT2D eigenvalue weighted by Crippen LogP contribution is -2.32. The quantitative estimate of drug-likeness (QED) is 0.672. The highest BCUT2D eigenvalue weighted by molar-refractivity contribution is 5.94. The van der Waals surface area contributed by atoms with Gasteiger partial charge in [0.2, 0.25) is 5.91 Å². The van der Waals surface area contributed by atoms with Crippen LogP contribution in [0.5, 0.6) is 0 Å². The second kappa shape index (κ2) is 8.07. The number of aromatic nitrogens is 2. The van der Waals surface area contributed by atoms with Gasteiger partial charge in [0.1, 0.15) is 5.82 Å². The highest BCUT2D eigenvalue weighted by Gasteiger charge is 2.23. The Bertz CT molecular complexity index is 990. The fourth-order valence-corrected chi connectivity index (χ4v) is 3.75. The van der Waals surface area contributed by atoms with Crippen LogP contribution in [0.1, 0.15) is 54.5 Å². The van der Waals surface area contributed by atoms with Gasteiger partial charge in [0.05, 0.1) is 17.1 Å². The molecule has 150 valence electrons. The molecule has 6 nitrogen and oxygen atoms in total. The lowest BCUT2D eigenvalue weighted by molar-refractivity contribution is -0.128. The number of aromatic amines is 1. The summed E-state index contributed by atoms with van der Waals surface area (Å²) >= 11 is 0. The van der Waals surface area contributed by atoms with E-state index in [0.29, 0.717) is 18.5 Å². The van der Waals surface area contributed by atoms with Crippen molar-refractivity contribution in [1.29, 1.82) is 0 Å². The summed E-state index contributed by atoms with van der Waals surface area (Å²) in [5.41, 5.74) is 3.49. The summed E-state index contributed by atoms with van der Waals surface area (Å²) in [6.07, 6.45) is 1.57. The fraction of sp³-hybridized carbons (Fsp3) is 0.348. The van der Waals surface area contributed by atoms with Crippen LogP contribution in [-0.4, -0.2) is 33.2 Å². The number of imidazole rings is 1. The highest BCUT2D eigenvalue weighted by Crippen LogP contribution is 2.23. The van der Waals surface area contributed by atoms with Gasteiger partial charge in [0.25, 0.3) is 5.91 Å². The second-order valence-electron chi connectivity index (χ2n) is 7.95. The molecule has 0 saturated carbocycles. The molecule has 1 saturated heterocycles. The summed E-state index contributed by atoms with van der Waals surface area (Å²) in [5, 5.41) is 3.11. The lowest BCUT2D eigenvalue weighted by Gasteiger charge is -2.20. The normalized spacial score (nSPS) is 15.3. The monoisotopic (exact) mass is 390 g/mol. The summed E-state index contributed by atoms with van der Waals surface area (Å²) in [5.74, 6) is 1.02. The number of hydrogen-bond donors (Lipinski definition) is 2. The van der Waals surface area contributed by atoms with Gasteiger partial charge in [-0.1, -0.05) is 38.1 Å². The maximum atomic E-state index is 12.8. The molecule has 1 aromatic heterocycles. The molecule has 3 aromatic rings. The largest absolute Gasteiger partial charge is 0.342 e. The van der Waals surface area contributed by atoms with Crippen LogP contribution in [0.2, 0.25) is 0 Å². The van der Waals surface area contributed by atoms with Crippen LogP contribution in [-0.2, 0) is 11.3 Å². The molecule has 2 heterocycles. The molecule has 1 unspecified atom stereocenters. The van der Waals surface area contributed by atoms with Crippen molar-refractivity contribution < 1.29 is 9.59 Å². The minimum atomic E-state index is -0.211. The zero-order valence-corrected chi connectivity index (χ0v) is 16.8. The van der Waals surface area contributed by atoms with E-state index < -0.39 is 0 Å². The van der Waals surface area contributed by atoms with Gasteiger partial charge in [-0.3, -0.25) is 9.59 Å². The molecule has 1 fully saturated rings. The van der Waals surface area contributed by atoms with E-state index in [1.807, 2.05) is 53.4 Å². The Morgan fingerprint density at radius 3 is 2.59 bits per heavy atom. The van der Waals surface area contributed by atoms with Crippen molar-refractivity contribution in [2.75, 3.05) is 6.54 Å². The SMILES string of the molecule is CC(C)C(NC(=O)c1ccc(CN2CCCC2=O)cc1)c1nc2ccccc2[nH]1. The molecule has 2 N–H and O–H groups in total. The second-order valence-corrected chi connectivity index (χ2v) is 7.95. The molecule has 0 radical (unpaired) electrons. The van der Waals surface area contributed by atoms with Crippen molar-refractivity contribution in [3.05, 3.63) is 65.5 Å². The molecular formula is C23H26N4O2. The third-order valence-corrected chi connectivity index (χ3v) is 5.42. The Hall–Kier alpha value is -3.15. The van der Waals surface area contributed by atoms with Crippen molar-refractivity contribution in [1.82, 2.24) is 20.2 Å². The molecule has 2 aromatic carbocycles. The van der Waals surface area contributed by atoms with Crippen LogP contribution >= 0.6 is 0 Å². The molecule has 6 heteroatoms. The van der Waals surface area contributed by atoms with E-state index >= 15 is 0 Å². The molecule has 0 spiro atoms. The first-order valence-corrected chi connectivity index (χ1v) is 10.1. The van der Waals surface area contributed by atoms with Crippen LogP contribution in [0, 0.1) is 5.92 Å². The van der Waals surface area contributed by atoms with E-state index in [2.05, 4.69) is 29.1 Å². The number of nitrogens with one attached hydrogen (secondary N) is 2. The number of nitrogens with zero attached hydrogens (tertiary/aromatic N) is 2. The predicted octanol–water partition coefficient (Wildman–Crippen LogP) is 3.81. The molecule has 4 rings (SSSR count). The number of fused-ring (bicyclic) bond motifs is 1. The average Bonchev–Trinajstić information content (AvgIpc) is 3.32. The fourth-order valence-electron chi connectivity index (χ4n) is 3.75. The standard InChI is InChI=1S/C23H26N4O2/c1-15(2)21(22-24-18-6-3-4-7-19(18)25-22)26-23(29)17-11-9-16(10-12-17)14-27-13-5-8-20(27)28/h3-4,6-7,9-12,15,21H,5,8,13-14H2,1-2H3,(H,24,25)(H,26,29). The van der Waals surface area contributed by atoms with Gasteiger partial charge in [-0.15, -0.1) is 0 Å². The predicted molar refractivity (Wildman–Crippen MR) is 112 cm³/mol. The van der Waals surface area contributed by atoms with E-state index in [4.69, 9.17) is 0 Å². The smallest absolute Gasteiger partial charge is 0.251 e. The number of carbonyl (C=O) groups is 2. The number of H-pyrrole nitrogens is 1. The van der Waals surface area contributed by atoms with Crippen LogP contribution in [0.4, 0.5) is 0 Å². The van der Waals surface area contributed by atoms with Gasteiger partial charge in [0, 0.05) is 25.1 Å². The summed E-state index contributed by atoms with van der Waals surface area (Å²) in [7, 11) is 0. The summed E-state index contributed by atoms with van der Waals surface area (Å²) in [6.45, 7) is 5.55. The average molecular weight is 390 g/mol. The zero-order chi connectivity index (χ0) is 20.4. The third kappa shape index (κ3) is 4.16. The van der Waals surface area contributed by atoms with Crippen LogP contribution in [0.15, 0.2) is 48.5 Å². The lowest BCUT2D eigenvalue weighted by atomic mass is 10.0. The molecule has 1 aliphatic heterocycles. The third-order valence-electron chi connectivity index (χ3n) is 5.42. The Labute approximate surface area is 170 Å². The van der Waals surface area contributed by atoms with Gasteiger partial charge in [-0.25, -0.2) is 4.98 Å². The van der Waals surface area contributed by atoms with Crippen molar-refractivity contribution in [3.8, 4) is 0 Å². The minimum Gasteiger partial charge on any atom is -0.342 e. The van der Waals surface area contributed by atoms with E-state index in [-0.39, 0.29) is 23.8 Å².